The molecule has 0 spiro atoms. The number of anilines is 3. The number of fused-ring (bicyclic) bond motifs is 1. The SMILES string of the molecule is Nc1cccc2c1N(C(=O)Nc1ccc(F)cc1F)CC2. The molecule has 0 bridgehead atoms. The van der Waals surface area contributed by atoms with Crippen molar-refractivity contribution >= 4 is 23.1 Å². The van der Waals surface area contributed by atoms with Gasteiger partial charge in [0.05, 0.1) is 17.1 Å². The molecular formula is C15H13F2N3O. The maximum atomic E-state index is 13.6. The van der Waals surface area contributed by atoms with Crippen LogP contribution in [0.2, 0.25) is 0 Å². The van der Waals surface area contributed by atoms with Crippen molar-refractivity contribution < 1.29 is 13.6 Å². The molecule has 0 aromatic heterocycles. The molecule has 1 aliphatic rings. The second-order valence-electron chi connectivity index (χ2n) is 4.81. The van der Waals surface area contributed by atoms with E-state index in [9.17, 15) is 13.6 Å². The minimum atomic E-state index is -0.816. The summed E-state index contributed by atoms with van der Waals surface area (Å²) in [7, 11) is 0. The van der Waals surface area contributed by atoms with Crippen molar-refractivity contribution in [1.82, 2.24) is 0 Å². The van der Waals surface area contributed by atoms with Gasteiger partial charge >= 0.3 is 6.03 Å². The minimum Gasteiger partial charge on any atom is -0.397 e. The maximum Gasteiger partial charge on any atom is 0.326 e. The van der Waals surface area contributed by atoms with Gasteiger partial charge in [-0.2, -0.15) is 0 Å². The topological polar surface area (TPSA) is 58.4 Å². The number of carbonyl (C=O) groups is 1. The summed E-state index contributed by atoms with van der Waals surface area (Å²) in [6.45, 7) is 0.470. The highest BCUT2D eigenvalue weighted by atomic mass is 19.1. The Bertz CT molecular complexity index is 718. The average molecular weight is 289 g/mol. The number of para-hydroxylation sites is 1. The molecule has 3 rings (SSSR count). The Labute approximate surface area is 120 Å². The second kappa shape index (κ2) is 5.05. The normalized spacial score (nSPS) is 13.1. The zero-order valence-electron chi connectivity index (χ0n) is 11.1. The number of nitrogens with one attached hydrogen (secondary N) is 1. The van der Waals surface area contributed by atoms with E-state index in [2.05, 4.69) is 5.32 Å². The van der Waals surface area contributed by atoms with E-state index < -0.39 is 17.7 Å². The first-order valence-electron chi connectivity index (χ1n) is 6.47. The van der Waals surface area contributed by atoms with Crippen molar-refractivity contribution in [3.63, 3.8) is 0 Å². The Kier molecular flexibility index (Phi) is 3.21. The standard InChI is InChI=1S/C15H13F2N3O/c16-10-4-5-13(11(17)8-10)19-15(21)20-7-6-9-2-1-3-12(18)14(9)20/h1-5,8H,6-7,18H2,(H,19,21). The molecule has 0 saturated heterocycles. The van der Waals surface area contributed by atoms with Gasteiger partial charge in [-0.05, 0) is 30.2 Å². The Morgan fingerprint density at radius 2 is 2.05 bits per heavy atom. The first-order chi connectivity index (χ1) is 10.1. The fourth-order valence-electron chi connectivity index (χ4n) is 2.46. The van der Waals surface area contributed by atoms with Gasteiger partial charge in [0.15, 0.2) is 0 Å². The van der Waals surface area contributed by atoms with Gasteiger partial charge in [-0.15, -0.1) is 0 Å². The molecule has 108 valence electrons. The van der Waals surface area contributed by atoms with E-state index in [1.165, 1.54) is 11.0 Å². The third kappa shape index (κ3) is 2.40. The van der Waals surface area contributed by atoms with Crippen molar-refractivity contribution in [1.29, 1.82) is 0 Å². The Balaban J connectivity index is 1.85. The monoisotopic (exact) mass is 289 g/mol. The van der Waals surface area contributed by atoms with Crippen molar-refractivity contribution in [2.24, 2.45) is 0 Å². The molecule has 6 heteroatoms. The number of nitrogens with zero attached hydrogens (tertiary/aromatic N) is 1. The van der Waals surface area contributed by atoms with Crippen LogP contribution < -0.4 is 16.0 Å². The van der Waals surface area contributed by atoms with Crippen LogP contribution in [-0.4, -0.2) is 12.6 Å². The van der Waals surface area contributed by atoms with Gasteiger partial charge in [0.2, 0.25) is 0 Å². The molecule has 0 aliphatic carbocycles. The fourth-order valence-corrected chi connectivity index (χ4v) is 2.46. The summed E-state index contributed by atoms with van der Waals surface area (Å²) in [6, 6.07) is 7.95. The molecule has 1 aliphatic heterocycles. The molecule has 0 radical (unpaired) electrons. The van der Waals surface area contributed by atoms with E-state index in [0.29, 0.717) is 24.3 Å². The number of carbonyl (C=O) groups excluding carboxylic acids is 1. The van der Waals surface area contributed by atoms with Crippen molar-refractivity contribution in [3.8, 4) is 0 Å². The highest BCUT2D eigenvalue weighted by molar-refractivity contribution is 6.05. The van der Waals surface area contributed by atoms with E-state index in [0.717, 1.165) is 17.7 Å². The van der Waals surface area contributed by atoms with E-state index >= 15 is 0 Å². The number of urea groups is 1. The van der Waals surface area contributed by atoms with E-state index in [4.69, 9.17) is 5.73 Å². The number of rotatable bonds is 1. The van der Waals surface area contributed by atoms with E-state index in [-0.39, 0.29) is 5.69 Å². The van der Waals surface area contributed by atoms with Crippen molar-refractivity contribution in [2.75, 3.05) is 22.5 Å². The fraction of sp³-hybridized carbons (Fsp3) is 0.133. The largest absolute Gasteiger partial charge is 0.397 e. The zero-order chi connectivity index (χ0) is 15.0. The smallest absolute Gasteiger partial charge is 0.326 e. The zero-order valence-corrected chi connectivity index (χ0v) is 11.1. The molecule has 2 aromatic rings. The molecule has 0 saturated carbocycles. The Morgan fingerprint density at radius 3 is 2.81 bits per heavy atom. The lowest BCUT2D eigenvalue weighted by atomic mass is 10.1. The van der Waals surface area contributed by atoms with Crippen molar-refractivity contribution in [3.05, 3.63) is 53.6 Å². The number of nitrogens with two attached hydrogens (primary N) is 1. The van der Waals surface area contributed by atoms with Crippen LogP contribution in [-0.2, 0) is 6.42 Å². The molecule has 1 heterocycles. The lowest BCUT2D eigenvalue weighted by Gasteiger charge is -2.19. The Hall–Kier alpha value is -2.63. The van der Waals surface area contributed by atoms with Gasteiger partial charge in [0.1, 0.15) is 11.6 Å². The number of benzene rings is 2. The summed E-state index contributed by atoms with van der Waals surface area (Å²) < 4.78 is 26.4. The first kappa shape index (κ1) is 13.4. The van der Waals surface area contributed by atoms with E-state index in [1.54, 1.807) is 6.07 Å². The van der Waals surface area contributed by atoms with Crippen LogP contribution in [0.15, 0.2) is 36.4 Å². The van der Waals surface area contributed by atoms with Crippen molar-refractivity contribution in [2.45, 2.75) is 6.42 Å². The highest BCUT2D eigenvalue weighted by Crippen LogP contribution is 2.34. The third-order valence-corrected chi connectivity index (χ3v) is 3.44. The van der Waals surface area contributed by atoms with Crippen LogP contribution in [0.4, 0.5) is 30.6 Å². The van der Waals surface area contributed by atoms with Crippen LogP contribution in [0.25, 0.3) is 0 Å². The number of amides is 2. The predicted octanol–water partition coefficient (Wildman–Crippen LogP) is 3.14. The minimum absolute atomic E-state index is 0.0654. The average Bonchev–Trinajstić information content (AvgIpc) is 2.87. The molecule has 0 fully saturated rings. The predicted molar refractivity (Wildman–Crippen MR) is 77.3 cm³/mol. The lowest BCUT2D eigenvalue weighted by molar-refractivity contribution is 0.257. The number of hydrogen-bond donors (Lipinski definition) is 2. The molecule has 2 aromatic carbocycles. The van der Waals surface area contributed by atoms with Gasteiger partial charge in [-0.1, -0.05) is 12.1 Å². The first-order valence-corrected chi connectivity index (χ1v) is 6.47. The number of halogens is 2. The quantitative estimate of drug-likeness (QED) is 0.792. The van der Waals surface area contributed by atoms with Crippen LogP contribution in [0.5, 0.6) is 0 Å². The molecule has 4 nitrogen and oxygen atoms in total. The van der Waals surface area contributed by atoms with Crippen LogP contribution in [0.3, 0.4) is 0 Å². The molecule has 0 atom stereocenters. The van der Waals surface area contributed by atoms with Crippen LogP contribution in [0, 0.1) is 11.6 Å². The van der Waals surface area contributed by atoms with Gasteiger partial charge in [-0.25, -0.2) is 13.6 Å². The number of nitrogen functional groups attached to an aromatic ring is 1. The molecule has 0 unspecified atom stereocenters. The van der Waals surface area contributed by atoms with Gasteiger partial charge < -0.3 is 11.1 Å². The van der Waals surface area contributed by atoms with Gasteiger partial charge in [0, 0.05) is 12.6 Å². The van der Waals surface area contributed by atoms with Gasteiger partial charge in [-0.3, -0.25) is 4.90 Å². The van der Waals surface area contributed by atoms with Crippen LogP contribution >= 0.6 is 0 Å². The van der Waals surface area contributed by atoms with E-state index in [1.807, 2.05) is 12.1 Å². The molecule has 2 amide bonds. The highest BCUT2D eigenvalue weighted by Gasteiger charge is 2.27. The summed E-state index contributed by atoms with van der Waals surface area (Å²) in [6.07, 6.45) is 0.694. The molecule has 3 N–H and O–H groups in total. The summed E-state index contributed by atoms with van der Waals surface area (Å²) in [5, 5.41) is 2.44. The molecule has 21 heavy (non-hydrogen) atoms. The lowest BCUT2D eigenvalue weighted by Crippen LogP contribution is -2.34. The molecular weight excluding hydrogens is 276 g/mol. The third-order valence-electron chi connectivity index (χ3n) is 3.44. The summed E-state index contributed by atoms with van der Waals surface area (Å²) in [5.41, 5.74) is 7.96. The summed E-state index contributed by atoms with van der Waals surface area (Å²) in [4.78, 5) is 13.7. The Morgan fingerprint density at radius 1 is 1.24 bits per heavy atom. The van der Waals surface area contributed by atoms with Crippen LogP contribution in [0.1, 0.15) is 5.56 Å². The summed E-state index contributed by atoms with van der Waals surface area (Å²) >= 11 is 0. The number of hydrogen-bond acceptors (Lipinski definition) is 2. The van der Waals surface area contributed by atoms with Gasteiger partial charge in [0.25, 0.3) is 0 Å². The summed E-state index contributed by atoms with van der Waals surface area (Å²) in [5.74, 6) is -1.51. The second-order valence-corrected chi connectivity index (χ2v) is 4.81. The maximum absolute atomic E-state index is 13.6.